The van der Waals surface area contributed by atoms with Gasteiger partial charge in [0.2, 0.25) is 0 Å². The molecule has 140 valence electrons. The molecule has 3 rings (SSSR count). The van der Waals surface area contributed by atoms with Gasteiger partial charge in [-0.2, -0.15) is 0 Å². The molecule has 1 aromatic carbocycles. The third-order valence-corrected chi connectivity index (χ3v) is 4.96. The van der Waals surface area contributed by atoms with Gasteiger partial charge >= 0.3 is 12.0 Å². The number of carbonyl (C=O) groups excluding carboxylic acids is 2. The van der Waals surface area contributed by atoms with Gasteiger partial charge in [-0.05, 0) is 36.5 Å². The quantitative estimate of drug-likeness (QED) is 0.856. The van der Waals surface area contributed by atoms with Crippen molar-refractivity contribution in [2.45, 2.75) is 39.8 Å². The van der Waals surface area contributed by atoms with Gasteiger partial charge in [-0.1, -0.05) is 26.0 Å². The molecule has 2 heterocycles. The fourth-order valence-electron chi connectivity index (χ4n) is 3.61. The predicted octanol–water partition coefficient (Wildman–Crippen LogP) is 2.83. The monoisotopic (exact) mass is 357 g/mol. The maximum absolute atomic E-state index is 12.8. The molecule has 0 unspecified atom stereocenters. The first-order valence-electron chi connectivity index (χ1n) is 9.20. The molecule has 0 fully saturated rings. The molecule has 1 N–H and O–H groups in total. The number of hydrogen-bond donors (Lipinski definition) is 1. The van der Waals surface area contributed by atoms with E-state index in [1.54, 1.807) is 11.8 Å². The van der Waals surface area contributed by atoms with E-state index in [0.717, 1.165) is 12.0 Å². The number of carbonyl (C=O) groups is 2. The molecule has 0 aliphatic carbocycles. The smallest absolute Gasteiger partial charge is 0.328 e. The van der Waals surface area contributed by atoms with Gasteiger partial charge in [0.1, 0.15) is 6.04 Å². The average molecular weight is 357 g/mol. The van der Waals surface area contributed by atoms with Crippen LogP contribution < -0.4 is 5.32 Å². The second-order valence-electron chi connectivity index (χ2n) is 7.17. The van der Waals surface area contributed by atoms with Crippen molar-refractivity contribution in [1.82, 2.24) is 14.8 Å². The molecule has 1 aromatic heterocycles. The van der Waals surface area contributed by atoms with Crippen molar-refractivity contribution >= 4 is 22.9 Å². The number of ether oxygens (including phenoxy) is 1. The first kappa shape index (κ1) is 18.3. The van der Waals surface area contributed by atoms with Gasteiger partial charge in [0.15, 0.2) is 0 Å². The third kappa shape index (κ3) is 3.41. The fourth-order valence-corrected chi connectivity index (χ4v) is 3.61. The summed E-state index contributed by atoms with van der Waals surface area (Å²) in [6, 6.07) is 5.35. The maximum atomic E-state index is 12.8. The summed E-state index contributed by atoms with van der Waals surface area (Å²) >= 11 is 0. The highest BCUT2D eigenvalue weighted by Gasteiger charge is 2.29. The number of esters is 1. The summed E-state index contributed by atoms with van der Waals surface area (Å²) in [5.74, 6) is -0.413. The molecule has 1 aliphatic heterocycles. The number of urea groups is 1. The van der Waals surface area contributed by atoms with Crippen molar-refractivity contribution < 1.29 is 14.3 Å². The summed E-state index contributed by atoms with van der Waals surface area (Å²) in [7, 11) is 2.05. The minimum absolute atomic E-state index is 0.0353. The van der Waals surface area contributed by atoms with Crippen LogP contribution in [0.2, 0.25) is 0 Å². The minimum Gasteiger partial charge on any atom is -0.464 e. The van der Waals surface area contributed by atoms with Crippen LogP contribution in [0.1, 0.15) is 31.9 Å². The lowest BCUT2D eigenvalue weighted by Crippen LogP contribution is -2.50. The van der Waals surface area contributed by atoms with E-state index in [1.165, 1.54) is 16.5 Å². The Labute approximate surface area is 154 Å². The first-order chi connectivity index (χ1) is 12.4. The molecule has 2 amide bonds. The van der Waals surface area contributed by atoms with Crippen LogP contribution in [0.4, 0.5) is 4.79 Å². The number of benzene rings is 1. The highest BCUT2D eigenvalue weighted by Crippen LogP contribution is 2.28. The number of rotatable bonds is 4. The fraction of sp³-hybridized carbons (Fsp3) is 0.500. The Bertz CT molecular complexity index is 825. The topological polar surface area (TPSA) is 63.6 Å². The number of amides is 2. The van der Waals surface area contributed by atoms with Crippen LogP contribution in [0.3, 0.4) is 0 Å². The highest BCUT2D eigenvalue weighted by molar-refractivity contribution is 5.89. The Kier molecular flexibility index (Phi) is 5.20. The van der Waals surface area contributed by atoms with Crippen LogP contribution in [0.15, 0.2) is 24.4 Å². The lowest BCUT2D eigenvalue weighted by Gasteiger charge is -2.26. The van der Waals surface area contributed by atoms with E-state index in [9.17, 15) is 9.59 Å². The summed E-state index contributed by atoms with van der Waals surface area (Å²) in [4.78, 5) is 26.8. The average Bonchev–Trinajstić information content (AvgIpc) is 2.81. The van der Waals surface area contributed by atoms with Crippen molar-refractivity contribution in [3.05, 3.63) is 35.5 Å². The molecule has 2 aromatic rings. The van der Waals surface area contributed by atoms with E-state index in [2.05, 4.69) is 28.2 Å². The number of aromatic nitrogens is 1. The van der Waals surface area contributed by atoms with Crippen LogP contribution in [0, 0.1) is 5.92 Å². The SMILES string of the molecule is CCOC(=O)[C@H](NC(=O)N1CCc2cn(C)c3cccc(c23)C1)C(C)C. The zero-order valence-electron chi connectivity index (χ0n) is 15.9. The summed E-state index contributed by atoms with van der Waals surface area (Å²) in [5.41, 5.74) is 3.59. The molecule has 0 radical (unpaired) electrons. The molecule has 0 saturated heterocycles. The van der Waals surface area contributed by atoms with Crippen LogP contribution in [-0.2, 0) is 29.5 Å². The van der Waals surface area contributed by atoms with Gasteiger partial charge in [-0.3, -0.25) is 0 Å². The Morgan fingerprint density at radius 1 is 1.27 bits per heavy atom. The summed E-state index contributed by atoms with van der Waals surface area (Å²) < 4.78 is 7.24. The standard InChI is InChI=1S/C20H27N3O3/c1-5-26-19(24)18(13(2)3)21-20(25)23-10-9-15-11-22(4)16-8-6-7-14(12-23)17(15)16/h6-8,11,13,18H,5,9-10,12H2,1-4H3,(H,21,25)/t18-/m1/s1. The van der Waals surface area contributed by atoms with E-state index in [0.29, 0.717) is 19.7 Å². The van der Waals surface area contributed by atoms with E-state index in [-0.39, 0.29) is 17.9 Å². The van der Waals surface area contributed by atoms with Crippen LogP contribution in [-0.4, -0.2) is 40.7 Å². The molecule has 1 aliphatic rings. The normalized spacial score (nSPS) is 15.0. The summed E-state index contributed by atoms with van der Waals surface area (Å²) in [5, 5.41) is 4.11. The van der Waals surface area contributed by atoms with Gasteiger partial charge in [0.05, 0.1) is 6.61 Å². The van der Waals surface area contributed by atoms with Gasteiger partial charge in [-0.15, -0.1) is 0 Å². The Morgan fingerprint density at radius 2 is 2.04 bits per heavy atom. The van der Waals surface area contributed by atoms with E-state index in [4.69, 9.17) is 4.74 Å². The van der Waals surface area contributed by atoms with Crippen LogP contribution in [0.25, 0.3) is 10.9 Å². The first-order valence-corrected chi connectivity index (χ1v) is 9.20. The Hall–Kier alpha value is -2.50. The Morgan fingerprint density at radius 3 is 2.73 bits per heavy atom. The lowest BCUT2D eigenvalue weighted by molar-refractivity contribution is -0.146. The summed E-state index contributed by atoms with van der Waals surface area (Å²) in [6.07, 6.45) is 2.94. The molecule has 6 heteroatoms. The van der Waals surface area contributed by atoms with E-state index < -0.39 is 6.04 Å². The molecule has 0 bridgehead atoms. The zero-order chi connectivity index (χ0) is 18.8. The number of hydrogen-bond acceptors (Lipinski definition) is 3. The second-order valence-corrected chi connectivity index (χ2v) is 7.17. The molecule has 1 atom stereocenters. The van der Waals surface area contributed by atoms with Crippen LogP contribution >= 0.6 is 0 Å². The van der Waals surface area contributed by atoms with Crippen molar-refractivity contribution in [1.29, 1.82) is 0 Å². The number of nitrogens with one attached hydrogen (secondary N) is 1. The highest BCUT2D eigenvalue weighted by atomic mass is 16.5. The second kappa shape index (κ2) is 7.40. The predicted molar refractivity (Wildman–Crippen MR) is 101 cm³/mol. The van der Waals surface area contributed by atoms with Gasteiger partial charge in [0.25, 0.3) is 0 Å². The van der Waals surface area contributed by atoms with Crippen molar-refractivity contribution in [2.24, 2.45) is 13.0 Å². The van der Waals surface area contributed by atoms with E-state index >= 15 is 0 Å². The molecule has 26 heavy (non-hydrogen) atoms. The maximum Gasteiger partial charge on any atom is 0.328 e. The van der Waals surface area contributed by atoms with E-state index in [1.807, 2.05) is 27.0 Å². The molecule has 0 spiro atoms. The molecule has 0 saturated carbocycles. The van der Waals surface area contributed by atoms with Gasteiger partial charge < -0.3 is 19.5 Å². The van der Waals surface area contributed by atoms with Gasteiger partial charge in [0, 0.05) is 37.2 Å². The molecule has 6 nitrogen and oxygen atoms in total. The zero-order valence-corrected chi connectivity index (χ0v) is 15.9. The minimum atomic E-state index is -0.634. The van der Waals surface area contributed by atoms with Crippen molar-refractivity contribution in [3.8, 4) is 0 Å². The third-order valence-electron chi connectivity index (χ3n) is 4.96. The van der Waals surface area contributed by atoms with Gasteiger partial charge in [-0.25, -0.2) is 9.59 Å². The largest absolute Gasteiger partial charge is 0.464 e. The van der Waals surface area contributed by atoms with Crippen LogP contribution in [0.5, 0.6) is 0 Å². The van der Waals surface area contributed by atoms with Crippen molar-refractivity contribution in [3.63, 3.8) is 0 Å². The van der Waals surface area contributed by atoms with Crippen molar-refractivity contribution in [2.75, 3.05) is 13.2 Å². The number of nitrogens with zero attached hydrogens (tertiary/aromatic N) is 2. The summed E-state index contributed by atoms with van der Waals surface area (Å²) in [6.45, 7) is 7.03. The molecular weight excluding hydrogens is 330 g/mol. The lowest BCUT2D eigenvalue weighted by atomic mass is 10.1. The number of aryl methyl sites for hydroxylation is 1. The Balaban J connectivity index is 1.79. The molecular formula is C20H27N3O3.